The van der Waals surface area contributed by atoms with Crippen molar-refractivity contribution < 1.29 is 23.8 Å². The summed E-state index contributed by atoms with van der Waals surface area (Å²) >= 11 is 5.82. The summed E-state index contributed by atoms with van der Waals surface area (Å²) in [5, 5.41) is 16.2. The number of ether oxygens (including phenoxy) is 1. The number of benzene rings is 2. The number of carboxylic acid groups (broad SMARTS) is 1. The van der Waals surface area contributed by atoms with E-state index in [9.17, 15) is 14.7 Å². The van der Waals surface area contributed by atoms with Gasteiger partial charge in [-0.1, -0.05) is 39.0 Å². The zero-order valence-corrected chi connectivity index (χ0v) is 23.9. The molecule has 5 rings (SSSR count). The molecule has 1 amide bonds. The van der Waals surface area contributed by atoms with Gasteiger partial charge in [0.05, 0.1) is 30.1 Å². The van der Waals surface area contributed by atoms with Crippen molar-refractivity contribution in [2.45, 2.75) is 32.9 Å². The number of nitrogens with one attached hydrogen (secondary N) is 2. The number of nitrogens with zero attached hydrogens (tertiary/aromatic N) is 2. The number of methoxy groups -OCH3 is 1. The highest BCUT2D eigenvalue weighted by Crippen LogP contribution is 2.44. The predicted molar refractivity (Wildman–Crippen MR) is 160 cm³/mol. The van der Waals surface area contributed by atoms with Gasteiger partial charge in [0.25, 0.3) is 0 Å². The van der Waals surface area contributed by atoms with E-state index in [4.69, 9.17) is 21.4 Å². The zero-order chi connectivity index (χ0) is 29.3. The first kappa shape index (κ1) is 27.9. The second kappa shape index (κ2) is 11.1. The molecule has 10 heteroatoms. The lowest BCUT2D eigenvalue weighted by Crippen LogP contribution is -2.30. The third kappa shape index (κ3) is 5.64. The SMILES string of the molecule is COc1cc(N2C(=S)N[C@H](c3ccccn3)[C@H]2c2ccc(-c3cccc(C(=O)O)c3)o2)ccc1NC(=O)C(C)(C)C. The molecule has 41 heavy (non-hydrogen) atoms. The lowest BCUT2D eigenvalue weighted by Gasteiger charge is -2.27. The van der Waals surface area contributed by atoms with Crippen molar-refractivity contribution in [2.75, 3.05) is 17.3 Å². The van der Waals surface area contributed by atoms with Crippen LogP contribution in [-0.2, 0) is 4.79 Å². The highest BCUT2D eigenvalue weighted by Gasteiger charge is 2.43. The van der Waals surface area contributed by atoms with E-state index in [0.29, 0.717) is 33.6 Å². The molecule has 4 aromatic rings. The molecule has 0 unspecified atom stereocenters. The monoisotopic (exact) mass is 570 g/mol. The van der Waals surface area contributed by atoms with Gasteiger partial charge >= 0.3 is 5.97 Å². The number of hydrogen-bond donors (Lipinski definition) is 3. The number of furan rings is 1. The van der Waals surface area contributed by atoms with E-state index in [1.807, 2.05) is 68.1 Å². The minimum absolute atomic E-state index is 0.134. The zero-order valence-electron chi connectivity index (χ0n) is 23.0. The maximum Gasteiger partial charge on any atom is 0.335 e. The molecule has 0 saturated carbocycles. The molecule has 3 heterocycles. The van der Waals surface area contributed by atoms with Crippen LogP contribution in [0, 0.1) is 5.41 Å². The van der Waals surface area contributed by atoms with Gasteiger partial charge in [0.1, 0.15) is 23.3 Å². The third-order valence-electron chi connectivity index (χ3n) is 6.80. The van der Waals surface area contributed by atoms with Gasteiger partial charge in [-0.25, -0.2) is 4.79 Å². The number of carboxylic acids is 1. The summed E-state index contributed by atoms with van der Waals surface area (Å²) in [6.45, 7) is 5.53. The van der Waals surface area contributed by atoms with E-state index in [1.165, 1.54) is 6.07 Å². The fraction of sp³-hybridized carbons (Fsp3) is 0.226. The van der Waals surface area contributed by atoms with Crippen molar-refractivity contribution >= 4 is 40.6 Å². The molecule has 9 nitrogen and oxygen atoms in total. The number of aromatic nitrogens is 1. The Labute approximate surface area is 243 Å². The van der Waals surface area contributed by atoms with Crippen LogP contribution in [0.4, 0.5) is 11.4 Å². The topological polar surface area (TPSA) is 117 Å². The number of pyridine rings is 1. The smallest absolute Gasteiger partial charge is 0.335 e. The number of anilines is 2. The maximum atomic E-state index is 12.7. The number of rotatable bonds is 7. The summed E-state index contributed by atoms with van der Waals surface area (Å²) in [6, 6.07) is 20.6. The van der Waals surface area contributed by atoms with Crippen molar-refractivity contribution in [3.8, 4) is 17.1 Å². The van der Waals surface area contributed by atoms with Crippen LogP contribution in [0.15, 0.2) is 83.4 Å². The van der Waals surface area contributed by atoms with Crippen LogP contribution in [0.3, 0.4) is 0 Å². The van der Waals surface area contributed by atoms with E-state index in [1.54, 1.807) is 37.6 Å². The quantitative estimate of drug-likeness (QED) is 0.223. The first-order valence-electron chi connectivity index (χ1n) is 13.0. The Hall–Kier alpha value is -4.70. The van der Waals surface area contributed by atoms with Crippen molar-refractivity contribution in [1.29, 1.82) is 0 Å². The highest BCUT2D eigenvalue weighted by molar-refractivity contribution is 7.80. The molecule has 1 fully saturated rings. The number of hydrogen-bond acceptors (Lipinski definition) is 6. The molecule has 2 atom stereocenters. The van der Waals surface area contributed by atoms with Gasteiger partial charge in [-0.2, -0.15) is 0 Å². The largest absolute Gasteiger partial charge is 0.494 e. The number of carbonyl (C=O) groups excluding carboxylic acids is 1. The average molecular weight is 571 g/mol. The van der Waals surface area contributed by atoms with E-state index < -0.39 is 17.4 Å². The normalized spacial score (nSPS) is 16.8. The summed E-state index contributed by atoms with van der Waals surface area (Å²) in [5.74, 6) is 0.464. The van der Waals surface area contributed by atoms with Crippen LogP contribution >= 0.6 is 12.2 Å². The number of carbonyl (C=O) groups is 2. The highest BCUT2D eigenvalue weighted by atomic mass is 32.1. The van der Waals surface area contributed by atoms with Crippen LogP contribution < -0.4 is 20.3 Å². The summed E-state index contributed by atoms with van der Waals surface area (Å²) in [6.07, 6.45) is 1.72. The van der Waals surface area contributed by atoms with Gasteiger partial charge in [0, 0.05) is 28.9 Å². The van der Waals surface area contributed by atoms with E-state index >= 15 is 0 Å². The van der Waals surface area contributed by atoms with Crippen LogP contribution in [0.2, 0.25) is 0 Å². The molecule has 0 radical (unpaired) electrons. The Morgan fingerprint density at radius 2 is 1.88 bits per heavy atom. The second-order valence-electron chi connectivity index (χ2n) is 10.7. The summed E-state index contributed by atoms with van der Waals surface area (Å²) in [7, 11) is 1.55. The molecule has 1 aliphatic heterocycles. The minimum Gasteiger partial charge on any atom is -0.494 e. The van der Waals surface area contributed by atoms with Crippen molar-refractivity contribution in [2.24, 2.45) is 5.41 Å². The average Bonchev–Trinajstić information content (AvgIpc) is 3.58. The molecule has 210 valence electrons. The molecule has 1 saturated heterocycles. The number of amides is 1. The Morgan fingerprint density at radius 3 is 2.56 bits per heavy atom. The van der Waals surface area contributed by atoms with Crippen LogP contribution in [0.5, 0.6) is 5.75 Å². The van der Waals surface area contributed by atoms with E-state index in [0.717, 1.165) is 11.4 Å². The summed E-state index contributed by atoms with van der Waals surface area (Å²) < 4.78 is 12.0. The molecule has 2 aromatic heterocycles. The predicted octanol–water partition coefficient (Wildman–Crippen LogP) is 6.21. The van der Waals surface area contributed by atoms with Crippen molar-refractivity contribution in [3.05, 3.63) is 96.0 Å². The molecule has 0 aliphatic carbocycles. The van der Waals surface area contributed by atoms with Crippen LogP contribution in [-0.4, -0.2) is 34.2 Å². The van der Waals surface area contributed by atoms with E-state index in [2.05, 4.69) is 15.6 Å². The van der Waals surface area contributed by atoms with Crippen LogP contribution in [0.25, 0.3) is 11.3 Å². The first-order chi connectivity index (χ1) is 19.6. The van der Waals surface area contributed by atoms with Crippen molar-refractivity contribution in [3.63, 3.8) is 0 Å². The maximum absolute atomic E-state index is 12.7. The molecule has 0 spiro atoms. The number of aromatic carboxylic acids is 1. The summed E-state index contributed by atoms with van der Waals surface area (Å²) in [4.78, 5) is 30.7. The van der Waals surface area contributed by atoms with Gasteiger partial charge in [-0.3, -0.25) is 9.78 Å². The molecular weight excluding hydrogens is 540 g/mol. The molecule has 3 N–H and O–H groups in total. The van der Waals surface area contributed by atoms with Gasteiger partial charge in [0.2, 0.25) is 5.91 Å². The number of thiocarbonyl (C=S) groups is 1. The molecule has 1 aliphatic rings. The molecule has 2 aromatic carbocycles. The Balaban J connectivity index is 1.56. The van der Waals surface area contributed by atoms with Crippen molar-refractivity contribution in [1.82, 2.24) is 10.3 Å². The van der Waals surface area contributed by atoms with E-state index in [-0.39, 0.29) is 17.5 Å². The third-order valence-corrected chi connectivity index (χ3v) is 7.12. The fourth-order valence-corrected chi connectivity index (χ4v) is 4.98. The van der Waals surface area contributed by atoms with Crippen LogP contribution in [0.1, 0.15) is 54.7 Å². The lowest BCUT2D eigenvalue weighted by molar-refractivity contribution is -0.123. The fourth-order valence-electron chi connectivity index (χ4n) is 4.64. The van der Waals surface area contributed by atoms with Gasteiger partial charge in [-0.15, -0.1) is 0 Å². The lowest BCUT2D eigenvalue weighted by atomic mass is 9.95. The first-order valence-corrected chi connectivity index (χ1v) is 13.4. The Kier molecular flexibility index (Phi) is 7.51. The molecular formula is C31H30N4O5S. The standard InChI is InChI=1S/C31H30N4O5S/c1-31(2,3)29(38)33-21-12-11-20(17-25(21)39-4)35-27(26(34-30(35)41)22-10-5-6-15-32-22)24-14-13-23(40-24)18-8-7-9-19(16-18)28(36)37/h5-17,26-27H,1-4H3,(H,33,38)(H,34,41)(H,36,37)/t26-,27-/m1/s1. The Morgan fingerprint density at radius 1 is 1.07 bits per heavy atom. The van der Waals surface area contributed by atoms with Gasteiger partial charge in [0.15, 0.2) is 5.11 Å². The van der Waals surface area contributed by atoms with Gasteiger partial charge < -0.3 is 29.8 Å². The molecule has 0 bridgehead atoms. The summed E-state index contributed by atoms with van der Waals surface area (Å²) in [5.41, 5.74) is 2.28. The second-order valence-corrected chi connectivity index (χ2v) is 11.1. The minimum atomic E-state index is -1.01. The Bertz CT molecular complexity index is 1610. The van der Waals surface area contributed by atoms with Gasteiger partial charge in [-0.05, 0) is 60.7 Å².